The van der Waals surface area contributed by atoms with E-state index in [9.17, 15) is 18.5 Å². The molecule has 1 heterocycles. The van der Waals surface area contributed by atoms with Gasteiger partial charge in [-0.3, -0.25) is 10.1 Å². The fraction of sp³-hybridized carbons (Fsp3) is 0.143. The fourth-order valence-electron chi connectivity index (χ4n) is 1.85. The highest BCUT2D eigenvalue weighted by molar-refractivity contribution is 7.89. The number of nitrogens with one attached hydrogen (secondary N) is 2. The number of nitro benzene ring substituents is 1. The van der Waals surface area contributed by atoms with Gasteiger partial charge in [0.1, 0.15) is 11.9 Å². The second kappa shape index (κ2) is 7.49. The summed E-state index contributed by atoms with van der Waals surface area (Å²) in [5, 5.41) is 22.5. The third-order valence-electron chi connectivity index (χ3n) is 2.98. The zero-order chi connectivity index (χ0) is 17.6. The second-order valence-electron chi connectivity index (χ2n) is 4.59. The van der Waals surface area contributed by atoms with E-state index >= 15 is 0 Å². The van der Waals surface area contributed by atoms with E-state index in [2.05, 4.69) is 15.0 Å². The Morgan fingerprint density at radius 1 is 1.25 bits per heavy atom. The number of sulfonamides is 1. The summed E-state index contributed by atoms with van der Waals surface area (Å²) in [4.78, 5) is 13.8. The minimum Gasteiger partial charge on any atom is -0.368 e. The van der Waals surface area contributed by atoms with Crippen molar-refractivity contribution in [2.45, 2.75) is 4.90 Å². The van der Waals surface area contributed by atoms with Gasteiger partial charge in [-0.1, -0.05) is 6.07 Å². The van der Waals surface area contributed by atoms with Crippen LogP contribution in [-0.2, 0) is 10.0 Å². The second-order valence-corrected chi connectivity index (χ2v) is 6.36. The highest BCUT2D eigenvalue weighted by Gasteiger charge is 2.17. The molecule has 2 aromatic rings. The normalized spacial score (nSPS) is 10.8. The lowest BCUT2D eigenvalue weighted by molar-refractivity contribution is -0.385. The first-order valence-corrected chi connectivity index (χ1v) is 8.25. The number of pyridine rings is 1. The number of hydrogen-bond acceptors (Lipinski definition) is 7. The first kappa shape index (κ1) is 17.3. The summed E-state index contributed by atoms with van der Waals surface area (Å²) in [6.07, 6.45) is 1.51. The summed E-state index contributed by atoms with van der Waals surface area (Å²) in [7, 11) is -3.87. The van der Waals surface area contributed by atoms with Crippen LogP contribution in [0.25, 0.3) is 0 Å². The van der Waals surface area contributed by atoms with Crippen LogP contribution in [0, 0.1) is 21.4 Å². The fourth-order valence-corrected chi connectivity index (χ4v) is 2.92. The highest BCUT2D eigenvalue weighted by Crippen LogP contribution is 2.17. The lowest BCUT2D eigenvalue weighted by atomic mass is 10.3. The summed E-state index contributed by atoms with van der Waals surface area (Å²) in [6.45, 7) is 0.215. The molecule has 0 aliphatic rings. The van der Waals surface area contributed by atoms with Crippen molar-refractivity contribution in [2.75, 3.05) is 18.4 Å². The number of nitrogens with zero attached hydrogens (tertiary/aromatic N) is 3. The van der Waals surface area contributed by atoms with Crippen LogP contribution in [0.4, 0.5) is 11.5 Å². The molecule has 2 rings (SSSR count). The van der Waals surface area contributed by atoms with E-state index in [1.54, 1.807) is 12.1 Å². The highest BCUT2D eigenvalue weighted by atomic mass is 32.2. The third-order valence-corrected chi connectivity index (χ3v) is 4.44. The van der Waals surface area contributed by atoms with Gasteiger partial charge in [0.25, 0.3) is 5.69 Å². The van der Waals surface area contributed by atoms with E-state index in [0.29, 0.717) is 11.4 Å². The third kappa shape index (κ3) is 4.25. The van der Waals surface area contributed by atoms with Gasteiger partial charge in [-0.25, -0.2) is 18.1 Å². The van der Waals surface area contributed by atoms with E-state index in [4.69, 9.17) is 5.26 Å². The Labute approximate surface area is 138 Å². The average molecular weight is 347 g/mol. The van der Waals surface area contributed by atoms with Gasteiger partial charge in [-0.05, 0) is 18.2 Å². The molecular formula is C14H13N5O4S. The van der Waals surface area contributed by atoms with Crippen LogP contribution in [0.2, 0.25) is 0 Å². The lowest BCUT2D eigenvalue weighted by Crippen LogP contribution is -2.29. The monoisotopic (exact) mass is 347 g/mol. The molecule has 0 saturated heterocycles. The van der Waals surface area contributed by atoms with Crippen LogP contribution in [0.1, 0.15) is 5.56 Å². The zero-order valence-corrected chi connectivity index (χ0v) is 13.2. The summed E-state index contributed by atoms with van der Waals surface area (Å²) >= 11 is 0. The molecule has 0 aliphatic carbocycles. The topological polar surface area (TPSA) is 138 Å². The van der Waals surface area contributed by atoms with E-state index in [0.717, 1.165) is 6.07 Å². The molecule has 1 aromatic carbocycles. The number of nitriles is 1. The minimum absolute atomic E-state index is 0.0203. The predicted octanol–water partition coefficient (Wildman–Crippen LogP) is 1.25. The van der Waals surface area contributed by atoms with Crippen LogP contribution in [0.15, 0.2) is 47.5 Å². The molecule has 2 N–H and O–H groups in total. The maximum atomic E-state index is 12.1. The van der Waals surface area contributed by atoms with Gasteiger partial charge in [-0.2, -0.15) is 5.26 Å². The molecule has 9 nitrogen and oxygen atoms in total. The van der Waals surface area contributed by atoms with Crippen molar-refractivity contribution in [1.82, 2.24) is 9.71 Å². The SMILES string of the molecule is N#Cc1cccnc1NCCNS(=O)(=O)c1cccc([N+](=O)[O-])c1. The quantitative estimate of drug-likeness (QED) is 0.436. The average Bonchev–Trinajstić information content (AvgIpc) is 2.59. The van der Waals surface area contributed by atoms with E-state index in [-0.39, 0.29) is 23.7 Å². The predicted molar refractivity (Wildman–Crippen MR) is 85.7 cm³/mol. The van der Waals surface area contributed by atoms with Gasteiger partial charge in [0.05, 0.1) is 15.4 Å². The number of benzene rings is 1. The molecular weight excluding hydrogens is 334 g/mol. The number of hydrogen-bond donors (Lipinski definition) is 2. The molecule has 24 heavy (non-hydrogen) atoms. The largest absolute Gasteiger partial charge is 0.368 e. The molecule has 0 unspecified atom stereocenters. The van der Waals surface area contributed by atoms with Crippen LogP contribution in [0.3, 0.4) is 0 Å². The van der Waals surface area contributed by atoms with Crippen molar-refractivity contribution in [3.63, 3.8) is 0 Å². The minimum atomic E-state index is -3.87. The number of non-ortho nitro benzene ring substituents is 1. The summed E-state index contributed by atoms with van der Waals surface area (Å²) in [6, 6.07) is 9.95. The maximum Gasteiger partial charge on any atom is 0.270 e. The van der Waals surface area contributed by atoms with Crippen molar-refractivity contribution in [1.29, 1.82) is 5.26 Å². The van der Waals surface area contributed by atoms with Crippen LogP contribution in [0.5, 0.6) is 0 Å². The van der Waals surface area contributed by atoms with Crippen LogP contribution >= 0.6 is 0 Å². The summed E-state index contributed by atoms with van der Waals surface area (Å²) in [5.41, 5.74) is 0.0437. The molecule has 0 bridgehead atoms. The molecule has 0 aliphatic heterocycles. The van der Waals surface area contributed by atoms with E-state index < -0.39 is 14.9 Å². The Morgan fingerprint density at radius 3 is 2.75 bits per heavy atom. The van der Waals surface area contributed by atoms with Gasteiger partial charge in [0.15, 0.2) is 0 Å². The lowest BCUT2D eigenvalue weighted by Gasteiger charge is -2.09. The van der Waals surface area contributed by atoms with E-state index in [1.807, 2.05) is 6.07 Å². The first-order valence-electron chi connectivity index (χ1n) is 6.77. The maximum absolute atomic E-state index is 12.1. The molecule has 1 aromatic heterocycles. The smallest absolute Gasteiger partial charge is 0.270 e. The van der Waals surface area contributed by atoms with E-state index in [1.165, 1.54) is 24.4 Å². The van der Waals surface area contributed by atoms with Crippen molar-refractivity contribution < 1.29 is 13.3 Å². The van der Waals surface area contributed by atoms with Crippen molar-refractivity contribution >= 4 is 21.5 Å². The molecule has 0 radical (unpaired) electrons. The molecule has 0 saturated carbocycles. The van der Waals surface area contributed by atoms with Crippen molar-refractivity contribution in [2.24, 2.45) is 0 Å². The van der Waals surface area contributed by atoms with Gasteiger partial charge in [-0.15, -0.1) is 0 Å². The molecule has 0 atom stereocenters. The standard InChI is InChI=1S/C14H13N5O4S/c15-10-11-3-2-6-16-14(11)17-7-8-18-24(22,23)13-5-1-4-12(9-13)19(20)21/h1-6,9,18H,7-8H2,(H,16,17). The Morgan fingerprint density at radius 2 is 2.04 bits per heavy atom. The Balaban J connectivity index is 1.97. The number of anilines is 1. The number of aromatic nitrogens is 1. The van der Waals surface area contributed by atoms with Gasteiger partial charge in [0.2, 0.25) is 10.0 Å². The molecule has 0 fully saturated rings. The van der Waals surface area contributed by atoms with Crippen molar-refractivity contribution in [3.05, 3.63) is 58.3 Å². The first-order chi connectivity index (χ1) is 11.4. The Kier molecular flexibility index (Phi) is 5.41. The van der Waals surface area contributed by atoms with Crippen molar-refractivity contribution in [3.8, 4) is 6.07 Å². The van der Waals surface area contributed by atoms with Gasteiger partial charge < -0.3 is 5.32 Å². The Hall–Kier alpha value is -3.03. The molecule has 124 valence electrons. The summed E-state index contributed by atoms with van der Waals surface area (Å²) < 4.78 is 26.5. The molecule has 0 spiro atoms. The summed E-state index contributed by atoms with van der Waals surface area (Å²) in [5.74, 6) is 0.356. The van der Waals surface area contributed by atoms with Gasteiger partial charge in [0, 0.05) is 31.4 Å². The van der Waals surface area contributed by atoms with Crippen LogP contribution < -0.4 is 10.0 Å². The molecule has 0 amide bonds. The number of rotatable bonds is 7. The Bertz CT molecular complexity index is 892. The number of nitro groups is 1. The zero-order valence-electron chi connectivity index (χ0n) is 12.3. The molecule has 10 heteroatoms. The van der Waals surface area contributed by atoms with Gasteiger partial charge >= 0.3 is 0 Å². The van der Waals surface area contributed by atoms with Crippen LogP contribution in [-0.4, -0.2) is 31.4 Å².